The van der Waals surface area contributed by atoms with E-state index in [2.05, 4.69) is 53.3 Å². The molecule has 0 aliphatic heterocycles. The van der Waals surface area contributed by atoms with Crippen molar-refractivity contribution in [3.05, 3.63) is 42.5 Å². The summed E-state index contributed by atoms with van der Waals surface area (Å²) in [7, 11) is 0. The molecule has 0 fully saturated rings. The van der Waals surface area contributed by atoms with E-state index in [4.69, 9.17) is 0 Å². The van der Waals surface area contributed by atoms with Crippen LogP contribution in [0.5, 0.6) is 0 Å². The summed E-state index contributed by atoms with van der Waals surface area (Å²) in [5, 5.41) is 8.72. The van der Waals surface area contributed by atoms with Gasteiger partial charge in [-0.25, -0.2) is 9.97 Å². The Morgan fingerprint density at radius 3 is 2.90 bits per heavy atom. The number of fused-ring (bicyclic) bond motifs is 1. The van der Waals surface area contributed by atoms with Crippen molar-refractivity contribution in [1.82, 2.24) is 19.7 Å². The molecule has 5 heteroatoms. The zero-order valence-corrected chi connectivity index (χ0v) is 12.5. The van der Waals surface area contributed by atoms with Crippen LogP contribution in [-0.2, 0) is 6.54 Å². The Balaban J connectivity index is 1.91. The number of aromatic nitrogens is 4. The van der Waals surface area contributed by atoms with Gasteiger partial charge in [0.05, 0.1) is 17.4 Å². The van der Waals surface area contributed by atoms with Crippen molar-refractivity contribution in [2.45, 2.75) is 27.3 Å². The molecule has 21 heavy (non-hydrogen) atoms. The van der Waals surface area contributed by atoms with Crippen LogP contribution in [0.25, 0.3) is 10.9 Å². The monoisotopic (exact) mass is 281 g/mol. The number of benzene rings is 1. The third kappa shape index (κ3) is 3.02. The van der Waals surface area contributed by atoms with Gasteiger partial charge in [-0.15, -0.1) is 0 Å². The molecule has 1 aromatic carbocycles. The maximum absolute atomic E-state index is 4.36. The Morgan fingerprint density at radius 1 is 1.24 bits per heavy atom. The van der Waals surface area contributed by atoms with Crippen LogP contribution in [-0.4, -0.2) is 19.7 Å². The number of rotatable bonds is 4. The molecule has 0 spiro atoms. The lowest BCUT2D eigenvalue weighted by Gasteiger charge is -2.07. The van der Waals surface area contributed by atoms with Crippen LogP contribution in [0, 0.1) is 12.8 Å². The van der Waals surface area contributed by atoms with Crippen molar-refractivity contribution in [1.29, 1.82) is 0 Å². The van der Waals surface area contributed by atoms with Crippen LogP contribution in [0.15, 0.2) is 36.9 Å². The topological polar surface area (TPSA) is 55.6 Å². The van der Waals surface area contributed by atoms with E-state index in [1.165, 1.54) is 5.56 Å². The van der Waals surface area contributed by atoms with Gasteiger partial charge in [-0.05, 0) is 25.0 Å². The highest BCUT2D eigenvalue weighted by Gasteiger charge is 2.06. The fraction of sp³-hybridized carbons (Fsp3) is 0.312. The third-order valence-corrected chi connectivity index (χ3v) is 3.24. The van der Waals surface area contributed by atoms with Crippen LogP contribution in [0.4, 0.5) is 11.5 Å². The number of hydrogen-bond acceptors (Lipinski definition) is 4. The average Bonchev–Trinajstić information content (AvgIpc) is 2.86. The highest BCUT2D eigenvalue weighted by molar-refractivity contribution is 5.90. The molecule has 1 N–H and O–H groups in total. The Labute approximate surface area is 124 Å². The highest BCUT2D eigenvalue weighted by Crippen LogP contribution is 2.23. The van der Waals surface area contributed by atoms with Gasteiger partial charge in [-0.3, -0.25) is 4.68 Å². The van der Waals surface area contributed by atoms with Crippen LogP contribution >= 0.6 is 0 Å². The first-order valence-electron chi connectivity index (χ1n) is 7.12. The lowest BCUT2D eigenvalue weighted by molar-refractivity contribution is 0.483. The van der Waals surface area contributed by atoms with Crippen molar-refractivity contribution >= 4 is 22.4 Å². The zero-order valence-electron chi connectivity index (χ0n) is 12.5. The number of hydrogen-bond donors (Lipinski definition) is 1. The van der Waals surface area contributed by atoms with E-state index in [9.17, 15) is 0 Å². The minimum atomic E-state index is 0.570. The molecule has 0 amide bonds. The number of nitrogens with one attached hydrogen (secondary N) is 1. The fourth-order valence-corrected chi connectivity index (χ4v) is 2.31. The maximum Gasteiger partial charge on any atom is 0.141 e. The van der Waals surface area contributed by atoms with E-state index in [-0.39, 0.29) is 0 Å². The van der Waals surface area contributed by atoms with Gasteiger partial charge >= 0.3 is 0 Å². The van der Waals surface area contributed by atoms with Gasteiger partial charge in [0.1, 0.15) is 12.1 Å². The van der Waals surface area contributed by atoms with Crippen molar-refractivity contribution in [3.63, 3.8) is 0 Å². The summed E-state index contributed by atoms with van der Waals surface area (Å²) < 4.78 is 1.95. The maximum atomic E-state index is 4.36. The summed E-state index contributed by atoms with van der Waals surface area (Å²) in [5.41, 5.74) is 3.07. The molecule has 5 nitrogen and oxygen atoms in total. The van der Waals surface area contributed by atoms with Crippen LogP contribution < -0.4 is 5.32 Å². The largest absolute Gasteiger partial charge is 0.337 e. The summed E-state index contributed by atoms with van der Waals surface area (Å²) in [6.45, 7) is 7.33. The van der Waals surface area contributed by atoms with E-state index in [0.717, 1.165) is 29.0 Å². The van der Waals surface area contributed by atoms with Crippen molar-refractivity contribution in [2.75, 3.05) is 5.32 Å². The van der Waals surface area contributed by atoms with Crippen molar-refractivity contribution in [2.24, 2.45) is 5.92 Å². The predicted molar refractivity (Wildman–Crippen MR) is 84.6 cm³/mol. The second-order valence-electron chi connectivity index (χ2n) is 5.71. The molecule has 0 bridgehead atoms. The van der Waals surface area contributed by atoms with Crippen LogP contribution in [0.1, 0.15) is 19.4 Å². The molecular formula is C16H19N5. The molecule has 108 valence electrons. The summed E-state index contributed by atoms with van der Waals surface area (Å²) in [6, 6.07) is 6.16. The number of anilines is 2. The molecule has 0 saturated carbocycles. The summed E-state index contributed by atoms with van der Waals surface area (Å²) in [5.74, 6) is 1.38. The molecule has 2 heterocycles. The lowest BCUT2D eigenvalue weighted by atomic mass is 10.1. The zero-order chi connectivity index (χ0) is 14.8. The number of aryl methyl sites for hydroxylation is 1. The second-order valence-corrected chi connectivity index (χ2v) is 5.71. The van der Waals surface area contributed by atoms with Crippen molar-refractivity contribution in [3.8, 4) is 0 Å². The van der Waals surface area contributed by atoms with Gasteiger partial charge in [-0.1, -0.05) is 25.5 Å². The molecule has 0 atom stereocenters. The van der Waals surface area contributed by atoms with Crippen LogP contribution in [0.2, 0.25) is 0 Å². The molecule has 0 saturated heterocycles. The molecule has 3 aromatic rings. The van der Waals surface area contributed by atoms with E-state index in [1.807, 2.05) is 23.1 Å². The summed E-state index contributed by atoms with van der Waals surface area (Å²) in [6.07, 6.45) is 5.41. The molecule has 0 aliphatic rings. The molecule has 0 radical (unpaired) electrons. The second kappa shape index (κ2) is 5.52. The van der Waals surface area contributed by atoms with E-state index in [0.29, 0.717) is 5.92 Å². The molecule has 0 unspecified atom stereocenters. The first-order valence-corrected chi connectivity index (χ1v) is 7.12. The first kappa shape index (κ1) is 13.5. The van der Waals surface area contributed by atoms with E-state index >= 15 is 0 Å². The van der Waals surface area contributed by atoms with Gasteiger partial charge in [-0.2, -0.15) is 5.10 Å². The minimum absolute atomic E-state index is 0.570. The summed E-state index contributed by atoms with van der Waals surface area (Å²) >= 11 is 0. The Bertz CT molecular complexity index is 760. The Kier molecular flexibility index (Phi) is 3.56. The van der Waals surface area contributed by atoms with Gasteiger partial charge in [0.25, 0.3) is 0 Å². The van der Waals surface area contributed by atoms with Gasteiger partial charge in [0.15, 0.2) is 0 Å². The van der Waals surface area contributed by atoms with Gasteiger partial charge in [0.2, 0.25) is 0 Å². The van der Waals surface area contributed by atoms with E-state index < -0.39 is 0 Å². The van der Waals surface area contributed by atoms with E-state index in [1.54, 1.807) is 6.33 Å². The van der Waals surface area contributed by atoms with Gasteiger partial charge < -0.3 is 5.32 Å². The normalized spacial score (nSPS) is 11.2. The lowest BCUT2D eigenvalue weighted by Crippen LogP contribution is -2.04. The first-order chi connectivity index (χ1) is 10.1. The summed E-state index contributed by atoms with van der Waals surface area (Å²) in [4.78, 5) is 8.65. The smallest absolute Gasteiger partial charge is 0.141 e. The standard InChI is InChI=1S/C16H19N5/c1-11(2)8-21-9-13(7-19-21)20-16-14-6-12(3)4-5-15(14)17-10-18-16/h4-7,9-11H,8H2,1-3H3,(H,17,18,20). The predicted octanol–water partition coefficient (Wildman–Crippen LogP) is 3.53. The highest BCUT2D eigenvalue weighted by atomic mass is 15.3. The van der Waals surface area contributed by atoms with Crippen molar-refractivity contribution < 1.29 is 0 Å². The molecule has 3 rings (SSSR count). The quantitative estimate of drug-likeness (QED) is 0.794. The SMILES string of the molecule is Cc1ccc2ncnc(Nc3cnn(CC(C)C)c3)c2c1. The Morgan fingerprint density at radius 2 is 2.10 bits per heavy atom. The number of nitrogens with zero attached hydrogens (tertiary/aromatic N) is 4. The van der Waals surface area contributed by atoms with Gasteiger partial charge in [0, 0.05) is 18.1 Å². The molecule has 2 aromatic heterocycles. The van der Waals surface area contributed by atoms with Crippen LogP contribution in [0.3, 0.4) is 0 Å². The fourth-order valence-electron chi connectivity index (χ4n) is 2.31. The molecular weight excluding hydrogens is 262 g/mol. The average molecular weight is 281 g/mol. The molecule has 0 aliphatic carbocycles. The Hall–Kier alpha value is -2.43. The minimum Gasteiger partial charge on any atom is -0.337 e. The third-order valence-electron chi connectivity index (χ3n) is 3.24.